The van der Waals surface area contributed by atoms with Gasteiger partial charge in [0.15, 0.2) is 17.6 Å². The second kappa shape index (κ2) is 10.6. The zero-order valence-electron chi connectivity index (χ0n) is 28.8. The van der Waals surface area contributed by atoms with Crippen molar-refractivity contribution in [2.75, 3.05) is 0 Å². The van der Waals surface area contributed by atoms with Gasteiger partial charge in [-0.25, -0.2) is 0 Å². The molecular formula is C46H38N3O+3. The molecule has 2 unspecified atom stereocenters. The van der Waals surface area contributed by atoms with Gasteiger partial charge in [0.1, 0.15) is 11.2 Å². The van der Waals surface area contributed by atoms with Crippen LogP contribution < -0.4 is 13.7 Å². The van der Waals surface area contributed by atoms with E-state index in [1.165, 1.54) is 67.4 Å². The van der Waals surface area contributed by atoms with E-state index in [2.05, 4.69) is 175 Å². The smallest absolute Gasteiger partial charge is 0.290 e. The van der Waals surface area contributed by atoms with Gasteiger partial charge in [-0.3, -0.25) is 0 Å². The molecule has 0 N–H and O–H groups in total. The molecule has 240 valence electrons. The Morgan fingerprint density at radius 1 is 0.560 bits per heavy atom. The molecule has 10 rings (SSSR count). The van der Waals surface area contributed by atoms with E-state index < -0.39 is 5.54 Å². The van der Waals surface area contributed by atoms with Crippen molar-refractivity contribution in [1.29, 1.82) is 0 Å². The lowest BCUT2D eigenvalue weighted by molar-refractivity contribution is -0.861. The van der Waals surface area contributed by atoms with E-state index in [9.17, 15) is 0 Å². The van der Waals surface area contributed by atoms with Crippen molar-refractivity contribution in [2.45, 2.75) is 45.8 Å². The SMILES string of the molecule is Cc1ccc(-c2cc3c(cc2C)oc2ccccc23)[n+](CC2[n+]3c(C)cccc3-c3ccccc3C23c2ccccc2-c2cccc(C)[n+]23)c1. The zero-order chi connectivity index (χ0) is 33.7. The molecule has 0 saturated heterocycles. The van der Waals surface area contributed by atoms with Crippen molar-refractivity contribution in [1.82, 2.24) is 0 Å². The molecule has 0 saturated carbocycles. The summed E-state index contributed by atoms with van der Waals surface area (Å²) in [6.45, 7) is 9.71. The summed E-state index contributed by atoms with van der Waals surface area (Å²) < 4.78 is 14.1. The molecule has 4 aromatic heterocycles. The highest BCUT2D eigenvalue weighted by Gasteiger charge is 2.68. The molecule has 4 heteroatoms. The lowest BCUT2D eigenvalue weighted by Gasteiger charge is -2.35. The van der Waals surface area contributed by atoms with Crippen LogP contribution in [0.3, 0.4) is 0 Å². The first-order chi connectivity index (χ1) is 24.4. The van der Waals surface area contributed by atoms with Crippen molar-refractivity contribution in [3.63, 3.8) is 0 Å². The molecule has 6 heterocycles. The molecule has 0 bridgehead atoms. The predicted octanol–water partition coefficient (Wildman–Crippen LogP) is 9.04. The first-order valence-electron chi connectivity index (χ1n) is 17.6. The fourth-order valence-corrected chi connectivity index (χ4v) is 9.33. The number of pyridine rings is 3. The number of nitrogens with zero attached hydrogens (tertiary/aromatic N) is 3. The molecule has 4 aromatic carbocycles. The van der Waals surface area contributed by atoms with E-state index >= 15 is 0 Å². The number of fused-ring (bicyclic) bond motifs is 12. The topological polar surface area (TPSA) is 24.8 Å². The number of hydrogen-bond acceptors (Lipinski definition) is 1. The van der Waals surface area contributed by atoms with Crippen molar-refractivity contribution in [2.24, 2.45) is 0 Å². The van der Waals surface area contributed by atoms with Crippen LogP contribution in [0.15, 0.2) is 144 Å². The van der Waals surface area contributed by atoms with Crippen molar-refractivity contribution < 1.29 is 18.1 Å². The van der Waals surface area contributed by atoms with E-state index in [4.69, 9.17) is 4.42 Å². The minimum Gasteiger partial charge on any atom is -0.456 e. The Morgan fingerprint density at radius 2 is 1.24 bits per heavy atom. The second-order valence-corrected chi connectivity index (χ2v) is 14.2. The number of para-hydroxylation sites is 1. The van der Waals surface area contributed by atoms with Crippen LogP contribution in [0.1, 0.15) is 39.7 Å². The van der Waals surface area contributed by atoms with Crippen LogP contribution in [0.2, 0.25) is 0 Å². The number of furan rings is 1. The summed E-state index contributed by atoms with van der Waals surface area (Å²) in [5, 5.41) is 2.30. The summed E-state index contributed by atoms with van der Waals surface area (Å²) in [4.78, 5) is 0. The van der Waals surface area contributed by atoms with E-state index in [1.807, 2.05) is 6.07 Å². The van der Waals surface area contributed by atoms with Gasteiger partial charge in [0, 0.05) is 77.2 Å². The zero-order valence-corrected chi connectivity index (χ0v) is 28.8. The summed E-state index contributed by atoms with van der Waals surface area (Å²) in [6.07, 6.45) is 2.35. The van der Waals surface area contributed by atoms with E-state index in [1.54, 1.807) is 0 Å². The fourth-order valence-electron chi connectivity index (χ4n) is 9.33. The Hall–Kier alpha value is -5.87. The molecule has 8 aromatic rings. The average molecular weight is 649 g/mol. The monoisotopic (exact) mass is 648 g/mol. The molecule has 0 aliphatic carbocycles. The van der Waals surface area contributed by atoms with Gasteiger partial charge in [-0.1, -0.05) is 54.6 Å². The summed E-state index contributed by atoms with van der Waals surface area (Å²) >= 11 is 0. The van der Waals surface area contributed by atoms with Crippen LogP contribution in [0.5, 0.6) is 0 Å². The first-order valence-corrected chi connectivity index (χ1v) is 17.6. The Bertz CT molecular complexity index is 2700. The second-order valence-electron chi connectivity index (χ2n) is 14.2. The van der Waals surface area contributed by atoms with Crippen LogP contribution in [0.4, 0.5) is 0 Å². The standard InChI is InChI=1S/C46H38N3O/c1-29-23-24-40(36-26-37-33-15-7-10-22-43(33)50-44(37)25-30(36)2)47(27-29)28-45-46(38-18-8-5-16-34(38)41-20-11-13-31(3)48(41)45)39-19-9-6-17-35(39)42-21-12-14-32(4)49(42)46/h5-27,45H,28H2,1-4H3/q+3. The van der Waals surface area contributed by atoms with Crippen molar-refractivity contribution in [3.8, 4) is 33.8 Å². The summed E-state index contributed by atoms with van der Waals surface area (Å²) in [5.41, 5.74) is 16.5. The largest absolute Gasteiger partial charge is 0.456 e. The summed E-state index contributed by atoms with van der Waals surface area (Å²) in [6, 6.07) is 49.3. The molecule has 4 nitrogen and oxygen atoms in total. The number of aromatic nitrogens is 3. The van der Waals surface area contributed by atoms with Gasteiger partial charge in [-0.05, 0) is 67.9 Å². The number of rotatable bonds is 3. The third-order valence-electron chi connectivity index (χ3n) is 11.3. The lowest BCUT2D eigenvalue weighted by atomic mass is 9.71. The Morgan fingerprint density at radius 3 is 2.04 bits per heavy atom. The average Bonchev–Trinajstić information content (AvgIpc) is 3.64. The van der Waals surface area contributed by atoms with Crippen LogP contribution in [-0.4, -0.2) is 0 Å². The Labute approximate surface area is 292 Å². The maximum Gasteiger partial charge on any atom is 0.290 e. The minimum absolute atomic E-state index is 0.00597. The van der Waals surface area contributed by atoms with Gasteiger partial charge in [-0.15, -0.1) is 0 Å². The van der Waals surface area contributed by atoms with Gasteiger partial charge >= 0.3 is 0 Å². The Balaban J connectivity index is 1.28. The van der Waals surface area contributed by atoms with Crippen LogP contribution in [0, 0.1) is 27.7 Å². The maximum atomic E-state index is 6.31. The lowest BCUT2D eigenvalue weighted by Crippen LogP contribution is -2.72. The third kappa shape index (κ3) is 3.85. The van der Waals surface area contributed by atoms with Gasteiger partial charge in [0.25, 0.3) is 11.6 Å². The molecule has 50 heavy (non-hydrogen) atoms. The Kier molecular flexibility index (Phi) is 6.14. The minimum atomic E-state index is -0.495. The third-order valence-corrected chi connectivity index (χ3v) is 11.3. The molecule has 2 aliphatic rings. The van der Waals surface area contributed by atoms with E-state index in [0.29, 0.717) is 0 Å². The molecule has 1 spiro atoms. The molecule has 0 fully saturated rings. The quantitative estimate of drug-likeness (QED) is 0.176. The van der Waals surface area contributed by atoms with Crippen molar-refractivity contribution in [3.05, 3.63) is 173 Å². The number of aryl methyl sites for hydroxylation is 4. The van der Waals surface area contributed by atoms with Crippen molar-refractivity contribution >= 4 is 21.9 Å². The highest BCUT2D eigenvalue weighted by molar-refractivity contribution is 6.06. The highest BCUT2D eigenvalue weighted by atomic mass is 16.3. The maximum absolute atomic E-state index is 6.31. The molecule has 0 amide bonds. The van der Waals surface area contributed by atoms with Gasteiger partial charge in [0.05, 0.1) is 11.1 Å². The molecule has 2 atom stereocenters. The summed E-state index contributed by atoms with van der Waals surface area (Å²) in [5.74, 6) is 0. The van der Waals surface area contributed by atoms with Gasteiger partial charge in [-0.2, -0.15) is 13.7 Å². The van der Waals surface area contributed by atoms with Crippen LogP contribution in [0.25, 0.3) is 55.7 Å². The fraction of sp³-hybridized carbons (Fsp3) is 0.152. The highest BCUT2D eigenvalue weighted by Crippen LogP contribution is 2.52. The summed E-state index contributed by atoms with van der Waals surface area (Å²) in [7, 11) is 0. The van der Waals surface area contributed by atoms with E-state index in [0.717, 1.165) is 28.5 Å². The molecule has 0 radical (unpaired) electrons. The first kappa shape index (κ1) is 29.1. The van der Waals surface area contributed by atoms with E-state index in [-0.39, 0.29) is 6.04 Å². The molecular weight excluding hydrogens is 611 g/mol. The number of benzene rings is 4. The number of hydrogen-bond donors (Lipinski definition) is 0. The normalized spacial score (nSPS) is 17.2. The predicted molar refractivity (Wildman–Crippen MR) is 198 cm³/mol. The van der Waals surface area contributed by atoms with Gasteiger partial charge < -0.3 is 4.42 Å². The molecule has 2 aliphatic heterocycles. The van der Waals surface area contributed by atoms with Crippen LogP contribution >= 0.6 is 0 Å². The van der Waals surface area contributed by atoms with Crippen LogP contribution in [-0.2, 0) is 12.1 Å². The van der Waals surface area contributed by atoms with Gasteiger partial charge in [0.2, 0.25) is 23.6 Å².